The van der Waals surface area contributed by atoms with Gasteiger partial charge in [-0.05, 0) is 49.4 Å². The zero-order chi connectivity index (χ0) is 23.3. The molecule has 0 atom stereocenters. The Balaban J connectivity index is 1.17. The lowest BCUT2D eigenvalue weighted by Gasteiger charge is -2.61. The number of rotatable bonds is 6. The minimum Gasteiger partial charge on any atom is -0.371 e. The van der Waals surface area contributed by atoms with Crippen LogP contribution in [0.1, 0.15) is 19.3 Å². The van der Waals surface area contributed by atoms with Crippen LogP contribution in [-0.4, -0.2) is 51.7 Å². The SMILES string of the molecule is CN(c1ccc(Cl)c2c(=O)n(C)ccc12)C1CC2(C1)CN(CCCn1cncc(F)c1=O)C2. The Bertz CT molecular complexity index is 1320. The van der Waals surface area contributed by atoms with Gasteiger partial charge in [0.2, 0.25) is 5.82 Å². The maximum Gasteiger partial charge on any atom is 0.289 e. The Hall–Kier alpha value is -2.71. The van der Waals surface area contributed by atoms with E-state index >= 15 is 0 Å². The maximum absolute atomic E-state index is 13.3. The third-order valence-corrected chi connectivity index (χ3v) is 7.60. The molecule has 1 aliphatic heterocycles. The van der Waals surface area contributed by atoms with Crippen molar-refractivity contribution in [3.8, 4) is 0 Å². The standard InChI is InChI=1S/C24H27ClFN5O2/c1-28-9-6-17-20(5-4-18(25)21(17)23(28)33)29(2)16-10-24(11-16)13-30(14-24)7-3-8-31-15-27-12-19(26)22(31)32/h4-6,9,12,15-16H,3,7-8,10-11,13-14H2,1-2H3. The average molecular weight is 472 g/mol. The Morgan fingerprint density at radius 3 is 2.70 bits per heavy atom. The normalized spacial score (nSPS) is 17.8. The van der Waals surface area contributed by atoms with Gasteiger partial charge in [0.15, 0.2) is 0 Å². The summed E-state index contributed by atoms with van der Waals surface area (Å²) in [6.45, 7) is 3.46. The van der Waals surface area contributed by atoms with Crippen LogP contribution >= 0.6 is 11.6 Å². The summed E-state index contributed by atoms with van der Waals surface area (Å²) in [6.07, 6.45) is 7.15. The van der Waals surface area contributed by atoms with E-state index in [2.05, 4.69) is 21.8 Å². The summed E-state index contributed by atoms with van der Waals surface area (Å²) in [5, 5.41) is 1.95. The number of nitrogens with zero attached hydrogens (tertiary/aromatic N) is 5. The average Bonchev–Trinajstić information content (AvgIpc) is 2.73. The van der Waals surface area contributed by atoms with Crippen LogP contribution in [0, 0.1) is 11.2 Å². The van der Waals surface area contributed by atoms with Crippen LogP contribution in [0.3, 0.4) is 0 Å². The number of anilines is 1. The molecule has 0 N–H and O–H groups in total. The van der Waals surface area contributed by atoms with Gasteiger partial charge in [0.1, 0.15) is 0 Å². The fourth-order valence-corrected chi connectivity index (χ4v) is 5.73. The molecule has 0 radical (unpaired) electrons. The molecule has 0 bridgehead atoms. The molecule has 0 unspecified atom stereocenters. The molecule has 0 amide bonds. The minimum absolute atomic E-state index is 0.0799. The van der Waals surface area contributed by atoms with Gasteiger partial charge in [0, 0.05) is 57.0 Å². The first-order valence-electron chi connectivity index (χ1n) is 11.2. The molecule has 2 fully saturated rings. The summed E-state index contributed by atoms with van der Waals surface area (Å²) < 4.78 is 16.2. The third kappa shape index (κ3) is 3.85. The first-order valence-corrected chi connectivity index (χ1v) is 11.6. The molecule has 3 heterocycles. The molecule has 5 rings (SSSR count). The topological polar surface area (TPSA) is 63.4 Å². The van der Waals surface area contributed by atoms with Crippen LogP contribution in [-0.2, 0) is 13.6 Å². The van der Waals surface area contributed by atoms with E-state index in [1.54, 1.807) is 17.8 Å². The molecule has 9 heteroatoms. The second-order valence-corrected chi connectivity index (χ2v) is 9.97. The van der Waals surface area contributed by atoms with Crippen molar-refractivity contribution in [2.75, 3.05) is 31.6 Å². The van der Waals surface area contributed by atoms with Crippen molar-refractivity contribution in [2.24, 2.45) is 12.5 Å². The summed E-state index contributed by atoms with van der Waals surface area (Å²) in [5.41, 5.74) is 0.706. The van der Waals surface area contributed by atoms with E-state index in [-0.39, 0.29) is 5.56 Å². The molecule has 1 saturated heterocycles. The molecule has 2 aromatic heterocycles. The fraction of sp³-hybridized carbons (Fsp3) is 0.458. The van der Waals surface area contributed by atoms with Crippen LogP contribution in [0.25, 0.3) is 10.8 Å². The highest BCUT2D eigenvalue weighted by molar-refractivity contribution is 6.36. The van der Waals surface area contributed by atoms with Crippen LogP contribution in [0.4, 0.5) is 10.1 Å². The van der Waals surface area contributed by atoms with Crippen LogP contribution in [0.2, 0.25) is 5.02 Å². The molecule has 2 aliphatic rings. The summed E-state index contributed by atoms with van der Waals surface area (Å²) in [6, 6.07) is 6.21. The van der Waals surface area contributed by atoms with Gasteiger partial charge in [-0.15, -0.1) is 0 Å². The minimum atomic E-state index is -0.807. The van der Waals surface area contributed by atoms with Gasteiger partial charge in [-0.1, -0.05) is 11.6 Å². The Morgan fingerprint density at radius 2 is 1.94 bits per heavy atom. The van der Waals surface area contributed by atoms with Crippen molar-refractivity contribution in [1.82, 2.24) is 19.0 Å². The van der Waals surface area contributed by atoms with E-state index in [9.17, 15) is 14.0 Å². The smallest absolute Gasteiger partial charge is 0.289 e. The van der Waals surface area contributed by atoms with E-state index < -0.39 is 11.4 Å². The fourth-order valence-electron chi connectivity index (χ4n) is 5.48. The predicted molar refractivity (Wildman–Crippen MR) is 128 cm³/mol. The predicted octanol–water partition coefficient (Wildman–Crippen LogP) is 2.88. The quantitative estimate of drug-likeness (QED) is 0.553. The van der Waals surface area contributed by atoms with Gasteiger partial charge >= 0.3 is 0 Å². The second-order valence-electron chi connectivity index (χ2n) is 9.56. The highest BCUT2D eigenvalue weighted by atomic mass is 35.5. The number of hydrogen-bond donors (Lipinski definition) is 0. The highest BCUT2D eigenvalue weighted by Gasteiger charge is 2.53. The lowest BCUT2D eigenvalue weighted by Crippen LogP contribution is -2.66. The van der Waals surface area contributed by atoms with Crippen LogP contribution in [0.5, 0.6) is 0 Å². The van der Waals surface area contributed by atoms with Crippen LogP contribution in [0.15, 0.2) is 46.5 Å². The number of likely N-dealkylation sites (tertiary alicyclic amines) is 1. The Labute approximate surface area is 196 Å². The molecular weight excluding hydrogens is 445 g/mol. The van der Waals surface area contributed by atoms with Gasteiger partial charge in [-0.3, -0.25) is 14.2 Å². The zero-order valence-electron chi connectivity index (χ0n) is 18.8. The first-order chi connectivity index (χ1) is 15.8. The monoisotopic (exact) mass is 471 g/mol. The van der Waals surface area contributed by atoms with Crippen molar-refractivity contribution in [2.45, 2.75) is 31.8 Å². The van der Waals surface area contributed by atoms with Crippen molar-refractivity contribution in [3.05, 3.63) is 68.5 Å². The molecule has 1 aromatic carbocycles. The maximum atomic E-state index is 13.3. The third-order valence-electron chi connectivity index (χ3n) is 7.29. The van der Waals surface area contributed by atoms with E-state index in [0.29, 0.717) is 28.4 Å². The molecule has 1 saturated carbocycles. The Morgan fingerprint density at radius 1 is 1.18 bits per heavy atom. The van der Waals surface area contributed by atoms with E-state index in [1.165, 1.54) is 10.9 Å². The lowest BCUT2D eigenvalue weighted by molar-refractivity contribution is -0.0719. The number of pyridine rings is 1. The molecule has 33 heavy (non-hydrogen) atoms. The van der Waals surface area contributed by atoms with E-state index in [0.717, 1.165) is 56.2 Å². The molecule has 1 aliphatic carbocycles. The molecule has 1 spiro atoms. The number of hydrogen-bond acceptors (Lipinski definition) is 5. The molecule has 174 valence electrons. The largest absolute Gasteiger partial charge is 0.371 e. The number of benzene rings is 1. The van der Waals surface area contributed by atoms with Crippen molar-refractivity contribution in [1.29, 1.82) is 0 Å². The summed E-state index contributed by atoms with van der Waals surface area (Å²) in [4.78, 5) is 32.8. The number of fused-ring (bicyclic) bond motifs is 1. The Kier molecular flexibility index (Phi) is 5.53. The van der Waals surface area contributed by atoms with Crippen LogP contribution < -0.4 is 16.0 Å². The van der Waals surface area contributed by atoms with Gasteiger partial charge < -0.3 is 14.4 Å². The number of aromatic nitrogens is 3. The van der Waals surface area contributed by atoms with Crippen molar-refractivity contribution >= 4 is 28.1 Å². The first kappa shape index (κ1) is 22.1. The van der Waals surface area contributed by atoms with Gasteiger partial charge in [0.05, 0.1) is 22.9 Å². The second kappa shape index (κ2) is 8.25. The van der Waals surface area contributed by atoms with Crippen molar-refractivity contribution < 1.29 is 4.39 Å². The van der Waals surface area contributed by atoms with Gasteiger partial charge in [-0.25, -0.2) is 4.98 Å². The molecule has 7 nitrogen and oxygen atoms in total. The molecular formula is C24H27ClFN5O2. The number of aryl methyl sites for hydroxylation is 2. The zero-order valence-corrected chi connectivity index (χ0v) is 19.6. The van der Waals surface area contributed by atoms with Crippen molar-refractivity contribution in [3.63, 3.8) is 0 Å². The number of halogens is 2. The highest BCUT2D eigenvalue weighted by Crippen LogP contribution is 2.51. The van der Waals surface area contributed by atoms with Gasteiger partial charge in [0.25, 0.3) is 11.1 Å². The summed E-state index contributed by atoms with van der Waals surface area (Å²) in [5.74, 6) is -0.807. The molecule has 3 aromatic rings. The van der Waals surface area contributed by atoms with E-state index in [4.69, 9.17) is 11.6 Å². The summed E-state index contributed by atoms with van der Waals surface area (Å²) in [7, 11) is 3.83. The van der Waals surface area contributed by atoms with E-state index in [1.807, 2.05) is 18.2 Å². The van der Waals surface area contributed by atoms with Gasteiger partial charge in [-0.2, -0.15) is 4.39 Å². The summed E-state index contributed by atoms with van der Waals surface area (Å²) >= 11 is 6.35. The lowest BCUT2D eigenvalue weighted by atomic mass is 9.60.